The normalized spacial score (nSPS) is 29.0. The van der Waals surface area contributed by atoms with Crippen molar-refractivity contribution in [3.63, 3.8) is 0 Å². The van der Waals surface area contributed by atoms with E-state index in [4.69, 9.17) is 9.31 Å². The first-order chi connectivity index (χ1) is 10.7. The summed E-state index contributed by atoms with van der Waals surface area (Å²) >= 11 is 0. The minimum absolute atomic E-state index is 0.173. The molecule has 1 aromatic carbocycles. The summed E-state index contributed by atoms with van der Waals surface area (Å²) in [7, 11) is -0.349. The van der Waals surface area contributed by atoms with Crippen molar-refractivity contribution in [2.75, 3.05) is 0 Å². The number of nitrogens with zero attached hydrogens (tertiary/aromatic N) is 2. The number of rotatable bonds is 2. The number of benzene rings is 1. The monoisotopic (exact) mass is 314 g/mol. The first-order valence-corrected chi connectivity index (χ1v) is 8.28. The highest BCUT2D eigenvalue weighted by Crippen LogP contribution is 2.37. The van der Waals surface area contributed by atoms with Crippen molar-refractivity contribution in [1.82, 2.24) is 9.78 Å². The minimum atomic E-state index is -0.349. The van der Waals surface area contributed by atoms with E-state index in [1.165, 1.54) is 0 Å². The second-order valence-electron chi connectivity index (χ2n) is 7.79. The molecule has 122 valence electrons. The van der Waals surface area contributed by atoms with Crippen molar-refractivity contribution in [3.05, 3.63) is 24.4 Å². The van der Waals surface area contributed by atoms with Crippen molar-refractivity contribution in [2.24, 2.45) is 0 Å². The number of aliphatic hydroxyl groups excluding tert-OH is 1. The molecule has 0 unspecified atom stereocenters. The highest BCUT2D eigenvalue weighted by Gasteiger charge is 2.51. The molecule has 2 heterocycles. The maximum atomic E-state index is 9.47. The Morgan fingerprint density at radius 2 is 1.83 bits per heavy atom. The van der Waals surface area contributed by atoms with Crippen LogP contribution in [-0.2, 0) is 9.31 Å². The number of aromatic nitrogens is 2. The Labute approximate surface area is 136 Å². The summed E-state index contributed by atoms with van der Waals surface area (Å²) in [4.78, 5) is 0. The van der Waals surface area contributed by atoms with Gasteiger partial charge in [0.05, 0.1) is 28.9 Å². The maximum Gasteiger partial charge on any atom is 0.494 e. The average molecular weight is 314 g/mol. The van der Waals surface area contributed by atoms with Gasteiger partial charge in [-0.2, -0.15) is 5.10 Å². The van der Waals surface area contributed by atoms with Crippen LogP contribution in [0.25, 0.3) is 10.9 Å². The van der Waals surface area contributed by atoms with Gasteiger partial charge in [0.15, 0.2) is 0 Å². The maximum absolute atomic E-state index is 9.47. The van der Waals surface area contributed by atoms with Crippen molar-refractivity contribution in [3.8, 4) is 0 Å². The lowest BCUT2D eigenvalue weighted by Gasteiger charge is -2.32. The van der Waals surface area contributed by atoms with Crippen LogP contribution >= 0.6 is 0 Å². The number of hydrogen-bond acceptors (Lipinski definition) is 4. The van der Waals surface area contributed by atoms with E-state index in [1.807, 2.05) is 16.8 Å². The Bertz CT molecular complexity index is 733. The number of hydrogen-bond donors (Lipinski definition) is 1. The Hall–Kier alpha value is -1.37. The second kappa shape index (κ2) is 4.82. The molecule has 1 saturated heterocycles. The summed E-state index contributed by atoms with van der Waals surface area (Å²) in [5.74, 6) is 0. The average Bonchev–Trinajstić information content (AvgIpc) is 2.93. The Balaban J connectivity index is 1.62. The third kappa shape index (κ3) is 2.40. The largest absolute Gasteiger partial charge is 0.494 e. The van der Waals surface area contributed by atoms with Gasteiger partial charge in [-0.25, -0.2) is 0 Å². The summed E-state index contributed by atoms with van der Waals surface area (Å²) < 4.78 is 14.2. The van der Waals surface area contributed by atoms with Crippen LogP contribution in [0.2, 0.25) is 0 Å². The van der Waals surface area contributed by atoms with Gasteiger partial charge in [-0.15, -0.1) is 0 Å². The van der Waals surface area contributed by atoms with Gasteiger partial charge in [-0.3, -0.25) is 4.68 Å². The van der Waals surface area contributed by atoms with Gasteiger partial charge in [0.1, 0.15) is 0 Å². The lowest BCUT2D eigenvalue weighted by molar-refractivity contribution is 0.00578. The molecular weight excluding hydrogens is 291 g/mol. The van der Waals surface area contributed by atoms with E-state index in [2.05, 4.69) is 45.1 Å². The molecule has 0 radical (unpaired) electrons. The Morgan fingerprint density at radius 1 is 1.17 bits per heavy atom. The van der Waals surface area contributed by atoms with E-state index in [1.54, 1.807) is 0 Å². The molecule has 1 aliphatic carbocycles. The van der Waals surface area contributed by atoms with Gasteiger partial charge in [-0.1, -0.05) is 12.1 Å². The SMILES string of the molecule is CC1(C)OB(c2ccc3nn(C4CC(O)C4)cc3c2)OC1(C)C. The molecule has 2 fully saturated rings. The Kier molecular flexibility index (Phi) is 3.18. The van der Waals surface area contributed by atoms with Gasteiger partial charge in [0.2, 0.25) is 0 Å². The van der Waals surface area contributed by atoms with Crippen LogP contribution in [0.1, 0.15) is 46.6 Å². The smallest absolute Gasteiger partial charge is 0.399 e. The third-order valence-corrected chi connectivity index (χ3v) is 5.53. The van der Waals surface area contributed by atoms with E-state index in [9.17, 15) is 5.11 Å². The fraction of sp³-hybridized carbons (Fsp3) is 0.588. The van der Waals surface area contributed by atoms with Gasteiger partial charge in [0, 0.05) is 11.6 Å². The summed E-state index contributed by atoms with van der Waals surface area (Å²) in [6, 6.07) is 6.45. The minimum Gasteiger partial charge on any atom is -0.399 e. The second-order valence-corrected chi connectivity index (χ2v) is 7.79. The summed E-state index contributed by atoms with van der Waals surface area (Å²) in [5, 5.41) is 15.2. The van der Waals surface area contributed by atoms with Crippen LogP contribution in [0.3, 0.4) is 0 Å². The molecular formula is C17H23BN2O3. The van der Waals surface area contributed by atoms with Crippen LogP contribution in [0.4, 0.5) is 0 Å². The van der Waals surface area contributed by atoms with Crippen LogP contribution < -0.4 is 5.46 Å². The van der Waals surface area contributed by atoms with Gasteiger partial charge in [0.25, 0.3) is 0 Å². The first kappa shape index (κ1) is 15.2. The molecule has 0 amide bonds. The van der Waals surface area contributed by atoms with Crippen molar-refractivity contribution in [1.29, 1.82) is 0 Å². The zero-order valence-corrected chi connectivity index (χ0v) is 14.1. The molecule has 23 heavy (non-hydrogen) atoms. The van der Waals surface area contributed by atoms with E-state index in [0.717, 1.165) is 29.2 Å². The van der Waals surface area contributed by atoms with E-state index in [-0.39, 0.29) is 24.4 Å². The highest BCUT2D eigenvalue weighted by molar-refractivity contribution is 6.62. The summed E-state index contributed by atoms with van der Waals surface area (Å²) in [6.45, 7) is 8.24. The fourth-order valence-corrected chi connectivity index (χ4v) is 3.15. The molecule has 1 aromatic heterocycles. The van der Waals surface area contributed by atoms with Gasteiger partial charge >= 0.3 is 7.12 Å². The molecule has 6 heteroatoms. The van der Waals surface area contributed by atoms with Crippen LogP contribution in [0.5, 0.6) is 0 Å². The third-order valence-electron chi connectivity index (χ3n) is 5.53. The zero-order chi connectivity index (χ0) is 16.4. The molecule has 0 spiro atoms. The highest BCUT2D eigenvalue weighted by atomic mass is 16.7. The number of fused-ring (bicyclic) bond motifs is 1. The molecule has 1 N–H and O–H groups in total. The zero-order valence-electron chi connectivity index (χ0n) is 14.1. The first-order valence-electron chi connectivity index (χ1n) is 8.28. The predicted octanol–water partition coefficient (Wildman–Crippen LogP) is 2.03. The molecule has 0 bridgehead atoms. The lowest BCUT2D eigenvalue weighted by atomic mass is 9.79. The van der Waals surface area contributed by atoms with E-state index in [0.29, 0.717) is 6.04 Å². The molecule has 1 saturated carbocycles. The van der Waals surface area contributed by atoms with E-state index >= 15 is 0 Å². The van der Waals surface area contributed by atoms with E-state index < -0.39 is 0 Å². The van der Waals surface area contributed by atoms with Gasteiger partial charge in [-0.05, 0) is 52.1 Å². The molecule has 5 nitrogen and oxygen atoms in total. The van der Waals surface area contributed by atoms with Crippen LogP contribution in [-0.4, -0.2) is 39.3 Å². The summed E-state index contributed by atoms with van der Waals surface area (Å²) in [5.41, 5.74) is 1.31. The van der Waals surface area contributed by atoms with Crippen molar-refractivity contribution in [2.45, 2.75) is 63.9 Å². The van der Waals surface area contributed by atoms with Crippen LogP contribution in [0.15, 0.2) is 24.4 Å². The standard InChI is InChI=1S/C17H23BN2O3/c1-16(2)17(3,4)23-18(22-16)12-5-6-15-11(7-12)10-20(19-15)13-8-14(21)9-13/h5-7,10,13-14,21H,8-9H2,1-4H3. The van der Waals surface area contributed by atoms with Crippen molar-refractivity contribution < 1.29 is 14.4 Å². The molecule has 1 aliphatic heterocycles. The summed E-state index contributed by atoms with van der Waals surface area (Å²) in [6.07, 6.45) is 3.46. The molecule has 2 aliphatic rings. The van der Waals surface area contributed by atoms with Crippen molar-refractivity contribution >= 4 is 23.5 Å². The Morgan fingerprint density at radius 3 is 2.43 bits per heavy atom. The van der Waals surface area contributed by atoms with Crippen LogP contribution in [0, 0.1) is 0 Å². The van der Waals surface area contributed by atoms with Gasteiger partial charge < -0.3 is 14.4 Å². The molecule has 4 rings (SSSR count). The number of aliphatic hydroxyl groups is 1. The predicted molar refractivity (Wildman–Crippen MR) is 89.7 cm³/mol. The molecule has 0 atom stereocenters. The quantitative estimate of drug-likeness (QED) is 0.862. The fourth-order valence-electron chi connectivity index (χ4n) is 3.15. The molecule has 2 aromatic rings. The topological polar surface area (TPSA) is 56.5 Å². The lowest BCUT2D eigenvalue weighted by Crippen LogP contribution is -2.41.